The smallest absolute Gasteiger partial charge is 0.243 e. The zero-order valence-corrected chi connectivity index (χ0v) is 16.9. The Morgan fingerprint density at radius 3 is 1.77 bits per heavy atom. The summed E-state index contributed by atoms with van der Waals surface area (Å²) in [6.45, 7) is 0. The molecule has 0 aliphatic heterocycles. The van der Waals surface area contributed by atoms with Gasteiger partial charge >= 0.3 is 0 Å². The number of nitrogens with one attached hydrogen (secondary N) is 2. The summed E-state index contributed by atoms with van der Waals surface area (Å²) in [5, 5.41) is 1.99. The van der Waals surface area contributed by atoms with Crippen molar-refractivity contribution in [1.29, 1.82) is 0 Å². The highest BCUT2D eigenvalue weighted by Gasteiger charge is 2.03. The largest absolute Gasteiger partial charge is 0.277 e. The molecule has 0 aliphatic rings. The minimum Gasteiger partial charge on any atom is -0.277 e. The summed E-state index contributed by atoms with van der Waals surface area (Å²) in [6.07, 6.45) is 4.50. The number of pyridine rings is 1. The summed E-state index contributed by atoms with van der Waals surface area (Å²) in [4.78, 5) is 36.3. The molecular weight excluding hydrogens is 374 g/mol. The van der Waals surface area contributed by atoms with Crippen LogP contribution in [0.4, 0.5) is 0 Å². The molecule has 2 N–H and O–H groups in total. The SMILES string of the molecule is CONC(=O)CCCCSc1cccc(SCCCCC(=O)NOC)n1. The number of hydrogen-bond acceptors (Lipinski definition) is 7. The third-order valence-electron chi connectivity index (χ3n) is 3.23. The molecule has 1 rings (SSSR count). The second-order valence-electron chi connectivity index (χ2n) is 5.38. The fourth-order valence-electron chi connectivity index (χ4n) is 2.02. The number of hydroxylamine groups is 2. The molecule has 0 radical (unpaired) electrons. The summed E-state index contributed by atoms with van der Waals surface area (Å²) in [6, 6.07) is 6.01. The molecule has 0 saturated carbocycles. The van der Waals surface area contributed by atoms with Gasteiger partial charge in [0.2, 0.25) is 11.8 Å². The quantitative estimate of drug-likeness (QED) is 0.281. The number of thioether (sulfide) groups is 2. The van der Waals surface area contributed by atoms with E-state index in [4.69, 9.17) is 0 Å². The van der Waals surface area contributed by atoms with Crippen LogP contribution < -0.4 is 11.0 Å². The van der Waals surface area contributed by atoms with E-state index in [-0.39, 0.29) is 11.8 Å². The van der Waals surface area contributed by atoms with Gasteiger partial charge in [-0.2, -0.15) is 0 Å². The van der Waals surface area contributed by atoms with Crippen LogP contribution in [0.25, 0.3) is 0 Å². The monoisotopic (exact) mass is 401 g/mol. The van der Waals surface area contributed by atoms with Gasteiger partial charge in [0.15, 0.2) is 0 Å². The van der Waals surface area contributed by atoms with E-state index in [1.54, 1.807) is 23.5 Å². The number of nitrogens with zero attached hydrogens (tertiary/aromatic N) is 1. The van der Waals surface area contributed by atoms with Crippen LogP contribution in [0.1, 0.15) is 38.5 Å². The third-order valence-corrected chi connectivity index (χ3v) is 5.26. The van der Waals surface area contributed by atoms with Crippen molar-refractivity contribution >= 4 is 35.3 Å². The van der Waals surface area contributed by atoms with Gasteiger partial charge in [-0.1, -0.05) is 6.07 Å². The van der Waals surface area contributed by atoms with Crippen molar-refractivity contribution < 1.29 is 19.3 Å². The highest BCUT2D eigenvalue weighted by Crippen LogP contribution is 2.23. The number of unbranched alkanes of at least 4 members (excludes halogenated alkanes) is 2. The normalized spacial score (nSPS) is 10.5. The van der Waals surface area contributed by atoms with Crippen molar-refractivity contribution in [2.45, 2.75) is 48.6 Å². The predicted molar refractivity (Wildman–Crippen MR) is 104 cm³/mol. The Morgan fingerprint density at radius 1 is 0.885 bits per heavy atom. The zero-order chi connectivity index (χ0) is 19.0. The van der Waals surface area contributed by atoms with E-state index in [1.807, 2.05) is 18.2 Å². The first-order valence-corrected chi connectivity index (χ1v) is 10.5. The van der Waals surface area contributed by atoms with Crippen molar-refractivity contribution in [1.82, 2.24) is 15.9 Å². The van der Waals surface area contributed by atoms with Crippen LogP contribution in [0.2, 0.25) is 0 Å². The van der Waals surface area contributed by atoms with Crippen molar-refractivity contribution in [3.05, 3.63) is 18.2 Å². The van der Waals surface area contributed by atoms with Gasteiger partial charge in [-0.3, -0.25) is 19.3 Å². The van der Waals surface area contributed by atoms with Crippen molar-refractivity contribution in [2.75, 3.05) is 25.7 Å². The number of aromatic nitrogens is 1. The highest BCUT2D eigenvalue weighted by molar-refractivity contribution is 7.99. The first-order valence-electron chi connectivity index (χ1n) is 8.52. The molecule has 0 bridgehead atoms. The van der Waals surface area contributed by atoms with Crippen LogP contribution in [0.5, 0.6) is 0 Å². The molecule has 0 unspecified atom stereocenters. The molecule has 2 amide bonds. The maximum atomic E-state index is 11.3. The Kier molecular flexibility index (Phi) is 13.0. The molecule has 26 heavy (non-hydrogen) atoms. The maximum Gasteiger partial charge on any atom is 0.243 e. The van der Waals surface area contributed by atoms with E-state index < -0.39 is 0 Å². The Labute approximate surface area is 163 Å². The van der Waals surface area contributed by atoms with E-state index >= 15 is 0 Å². The van der Waals surface area contributed by atoms with Gasteiger partial charge in [0, 0.05) is 12.8 Å². The topological polar surface area (TPSA) is 89.5 Å². The van der Waals surface area contributed by atoms with Gasteiger partial charge in [-0.15, -0.1) is 23.5 Å². The molecule has 0 atom stereocenters. The van der Waals surface area contributed by atoms with Crippen molar-refractivity contribution in [3.8, 4) is 0 Å². The van der Waals surface area contributed by atoms with Crippen LogP contribution in [0, 0.1) is 0 Å². The second-order valence-corrected chi connectivity index (χ2v) is 7.61. The Bertz CT molecular complexity index is 503. The zero-order valence-electron chi connectivity index (χ0n) is 15.3. The summed E-state index contributed by atoms with van der Waals surface area (Å²) in [5.74, 6) is 1.67. The van der Waals surface area contributed by atoms with E-state index in [0.29, 0.717) is 12.8 Å². The van der Waals surface area contributed by atoms with Gasteiger partial charge in [0.1, 0.15) is 0 Å². The molecule has 1 aromatic heterocycles. The molecule has 0 aliphatic carbocycles. The van der Waals surface area contributed by atoms with E-state index in [1.165, 1.54) is 14.2 Å². The summed E-state index contributed by atoms with van der Waals surface area (Å²) in [7, 11) is 2.87. The lowest BCUT2D eigenvalue weighted by molar-refractivity contribution is -0.132. The molecule has 7 nitrogen and oxygen atoms in total. The van der Waals surface area contributed by atoms with E-state index in [0.717, 1.165) is 47.2 Å². The van der Waals surface area contributed by atoms with Gasteiger partial charge in [0.25, 0.3) is 0 Å². The molecule has 1 aromatic rings. The first-order chi connectivity index (χ1) is 12.7. The lowest BCUT2D eigenvalue weighted by Gasteiger charge is -2.05. The Hall–Kier alpha value is -1.29. The standard InChI is InChI=1S/C17H27N3O4S2/c1-23-19-14(21)8-3-5-12-25-16-10-7-11-17(18-16)26-13-6-4-9-15(22)20-24-2/h7,10-11H,3-6,8-9,12-13H2,1-2H3,(H,19,21)(H,20,22). The summed E-state index contributed by atoms with van der Waals surface area (Å²) >= 11 is 3.40. The number of hydrogen-bond donors (Lipinski definition) is 2. The van der Waals surface area contributed by atoms with Crippen LogP contribution >= 0.6 is 23.5 Å². The molecule has 0 aromatic carbocycles. The Balaban J connectivity index is 2.16. The van der Waals surface area contributed by atoms with Gasteiger partial charge in [0.05, 0.1) is 24.3 Å². The average molecular weight is 402 g/mol. The molecular formula is C17H27N3O4S2. The number of carbonyl (C=O) groups excluding carboxylic acids is 2. The summed E-state index contributed by atoms with van der Waals surface area (Å²) in [5.41, 5.74) is 4.63. The third kappa shape index (κ3) is 11.3. The maximum absolute atomic E-state index is 11.3. The minimum atomic E-state index is -0.0891. The van der Waals surface area contributed by atoms with Crippen LogP contribution in [0.15, 0.2) is 28.3 Å². The highest BCUT2D eigenvalue weighted by atomic mass is 32.2. The molecule has 9 heteroatoms. The van der Waals surface area contributed by atoms with Gasteiger partial charge in [-0.05, 0) is 49.3 Å². The van der Waals surface area contributed by atoms with E-state index in [2.05, 4.69) is 25.6 Å². The second kappa shape index (κ2) is 14.8. The molecule has 0 spiro atoms. The predicted octanol–water partition coefficient (Wildman–Crippen LogP) is 2.96. The first kappa shape index (κ1) is 22.8. The van der Waals surface area contributed by atoms with Crippen molar-refractivity contribution in [3.63, 3.8) is 0 Å². The van der Waals surface area contributed by atoms with Gasteiger partial charge < -0.3 is 0 Å². The average Bonchev–Trinajstić information content (AvgIpc) is 2.62. The number of rotatable bonds is 14. The van der Waals surface area contributed by atoms with E-state index in [9.17, 15) is 9.59 Å². The van der Waals surface area contributed by atoms with Crippen LogP contribution in [0.3, 0.4) is 0 Å². The van der Waals surface area contributed by atoms with Crippen LogP contribution in [-0.4, -0.2) is 42.5 Å². The van der Waals surface area contributed by atoms with Crippen molar-refractivity contribution in [2.24, 2.45) is 0 Å². The molecule has 0 fully saturated rings. The molecule has 146 valence electrons. The lowest BCUT2D eigenvalue weighted by atomic mass is 10.2. The molecule has 1 heterocycles. The number of carbonyl (C=O) groups is 2. The lowest BCUT2D eigenvalue weighted by Crippen LogP contribution is -2.21. The number of amides is 2. The minimum absolute atomic E-state index is 0.0891. The van der Waals surface area contributed by atoms with Gasteiger partial charge in [-0.25, -0.2) is 15.9 Å². The van der Waals surface area contributed by atoms with Crippen LogP contribution in [-0.2, 0) is 19.3 Å². The fourth-order valence-corrected chi connectivity index (χ4v) is 3.86. The molecule has 0 saturated heterocycles. The Morgan fingerprint density at radius 2 is 1.35 bits per heavy atom. The fraction of sp³-hybridized carbons (Fsp3) is 0.588. The summed E-state index contributed by atoms with van der Waals surface area (Å²) < 4.78 is 0.